The van der Waals surface area contributed by atoms with Crippen LogP contribution in [0.2, 0.25) is 0 Å². The molecule has 23 heavy (non-hydrogen) atoms. The first-order valence-electron chi connectivity index (χ1n) is 7.26. The SMILES string of the molecule is CC[C@@H](Oc1ccc(N(C)S(C)(=O)=O)cc1)C(=O)NCCOC. The molecular weight excluding hydrogens is 320 g/mol. The minimum Gasteiger partial charge on any atom is -0.481 e. The fraction of sp³-hybridized carbons (Fsp3) is 0.533. The predicted molar refractivity (Wildman–Crippen MR) is 89.3 cm³/mol. The van der Waals surface area contributed by atoms with Gasteiger partial charge in [-0.2, -0.15) is 0 Å². The number of benzene rings is 1. The first kappa shape index (κ1) is 19.2. The number of hydrogen-bond acceptors (Lipinski definition) is 5. The van der Waals surface area contributed by atoms with E-state index in [1.807, 2.05) is 6.92 Å². The van der Waals surface area contributed by atoms with E-state index in [1.54, 1.807) is 31.4 Å². The van der Waals surface area contributed by atoms with Crippen molar-refractivity contribution >= 4 is 21.6 Å². The minimum atomic E-state index is -3.31. The van der Waals surface area contributed by atoms with Gasteiger partial charge in [0.2, 0.25) is 10.0 Å². The third-order valence-corrected chi connectivity index (χ3v) is 4.45. The molecule has 0 bridgehead atoms. The topological polar surface area (TPSA) is 84.9 Å². The molecule has 1 rings (SSSR count). The molecule has 1 N–H and O–H groups in total. The first-order chi connectivity index (χ1) is 10.8. The Morgan fingerprint density at radius 1 is 1.30 bits per heavy atom. The van der Waals surface area contributed by atoms with Gasteiger partial charge in [0.05, 0.1) is 18.6 Å². The molecule has 0 fully saturated rings. The zero-order chi connectivity index (χ0) is 17.5. The quantitative estimate of drug-likeness (QED) is 0.676. The molecule has 1 aromatic rings. The number of methoxy groups -OCH3 is 1. The van der Waals surface area contributed by atoms with Crippen LogP contribution in [0, 0.1) is 0 Å². The average molecular weight is 344 g/mol. The molecule has 8 heteroatoms. The van der Waals surface area contributed by atoms with Crippen LogP contribution in [0.5, 0.6) is 5.75 Å². The van der Waals surface area contributed by atoms with Gasteiger partial charge in [0.25, 0.3) is 5.91 Å². The Bertz CT molecular complexity index is 601. The number of carbonyl (C=O) groups is 1. The standard InChI is InChI=1S/C15H24N2O5S/c1-5-14(15(18)16-10-11-21-3)22-13-8-6-12(7-9-13)17(2)23(4,19)20/h6-9,14H,5,10-11H2,1-4H3,(H,16,18)/t14-/m1/s1. The highest BCUT2D eigenvalue weighted by Gasteiger charge is 2.18. The molecule has 0 saturated heterocycles. The molecule has 0 aliphatic carbocycles. The number of sulfonamides is 1. The van der Waals surface area contributed by atoms with Crippen molar-refractivity contribution in [2.24, 2.45) is 0 Å². The van der Waals surface area contributed by atoms with Crippen molar-refractivity contribution in [2.45, 2.75) is 19.4 Å². The van der Waals surface area contributed by atoms with E-state index >= 15 is 0 Å². The lowest BCUT2D eigenvalue weighted by molar-refractivity contribution is -0.128. The Hall–Kier alpha value is -1.80. The van der Waals surface area contributed by atoms with Gasteiger partial charge >= 0.3 is 0 Å². The Kier molecular flexibility index (Phi) is 7.31. The lowest BCUT2D eigenvalue weighted by atomic mass is 10.2. The van der Waals surface area contributed by atoms with Crippen LogP contribution in [-0.4, -0.2) is 54.0 Å². The van der Waals surface area contributed by atoms with Crippen molar-refractivity contribution in [1.29, 1.82) is 0 Å². The van der Waals surface area contributed by atoms with E-state index in [1.165, 1.54) is 11.4 Å². The highest BCUT2D eigenvalue weighted by molar-refractivity contribution is 7.92. The molecular formula is C15H24N2O5S. The van der Waals surface area contributed by atoms with Gasteiger partial charge < -0.3 is 14.8 Å². The number of amides is 1. The molecule has 130 valence electrons. The average Bonchev–Trinajstić information content (AvgIpc) is 2.51. The summed E-state index contributed by atoms with van der Waals surface area (Å²) >= 11 is 0. The molecule has 1 atom stereocenters. The summed E-state index contributed by atoms with van der Waals surface area (Å²) in [4.78, 5) is 12.0. The number of nitrogens with zero attached hydrogens (tertiary/aromatic N) is 1. The van der Waals surface area contributed by atoms with E-state index in [4.69, 9.17) is 9.47 Å². The maximum Gasteiger partial charge on any atom is 0.261 e. The summed E-state index contributed by atoms with van der Waals surface area (Å²) in [7, 11) is -0.266. The largest absolute Gasteiger partial charge is 0.481 e. The van der Waals surface area contributed by atoms with Crippen LogP contribution in [0.15, 0.2) is 24.3 Å². The number of carbonyl (C=O) groups excluding carboxylic acids is 1. The summed E-state index contributed by atoms with van der Waals surface area (Å²) in [6, 6.07) is 6.54. The van der Waals surface area contributed by atoms with E-state index in [0.29, 0.717) is 31.0 Å². The van der Waals surface area contributed by atoms with Crippen LogP contribution in [-0.2, 0) is 19.6 Å². The molecule has 1 amide bonds. The van der Waals surface area contributed by atoms with Crippen LogP contribution in [0.1, 0.15) is 13.3 Å². The van der Waals surface area contributed by atoms with Crippen LogP contribution >= 0.6 is 0 Å². The highest BCUT2D eigenvalue weighted by atomic mass is 32.2. The van der Waals surface area contributed by atoms with Gasteiger partial charge in [-0.15, -0.1) is 0 Å². The van der Waals surface area contributed by atoms with Gasteiger partial charge in [-0.25, -0.2) is 8.42 Å². The van der Waals surface area contributed by atoms with Gasteiger partial charge in [0, 0.05) is 20.7 Å². The number of hydrogen-bond donors (Lipinski definition) is 1. The van der Waals surface area contributed by atoms with Crippen molar-refractivity contribution in [1.82, 2.24) is 5.32 Å². The third kappa shape index (κ3) is 6.07. The van der Waals surface area contributed by atoms with Crippen LogP contribution < -0.4 is 14.4 Å². The van der Waals surface area contributed by atoms with Crippen LogP contribution in [0.4, 0.5) is 5.69 Å². The maximum atomic E-state index is 12.0. The molecule has 0 aliphatic rings. The van der Waals surface area contributed by atoms with E-state index in [0.717, 1.165) is 6.26 Å². The Balaban J connectivity index is 2.70. The smallest absolute Gasteiger partial charge is 0.261 e. The second-order valence-electron chi connectivity index (χ2n) is 5.02. The Morgan fingerprint density at radius 3 is 2.39 bits per heavy atom. The molecule has 7 nitrogen and oxygen atoms in total. The number of anilines is 1. The van der Waals surface area contributed by atoms with Crippen LogP contribution in [0.3, 0.4) is 0 Å². The molecule has 0 radical (unpaired) electrons. The molecule has 0 aromatic heterocycles. The third-order valence-electron chi connectivity index (χ3n) is 3.24. The maximum absolute atomic E-state index is 12.0. The molecule has 0 saturated carbocycles. The summed E-state index contributed by atoms with van der Waals surface area (Å²) in [5.41, 5.74) is 0.525. The molecule has 0 heterocycles. The molecule has 1 aromatic carbocycles. The van der Waals surface area contributed by atoms with E-state index in [9.17, 15) is 13.2 Å². The van der Waals surface area contributed by atoms with E-state index in [-0.39, 0.29) is 5.91 Å². The van der Waals surface area contributed by atoms with Gasteiger partial charge in [0.15, 0.2) is 6.10 Å². The Labute approximate surface area is 137 Å². The van der Waals surface area contributed by atoms with Gasteiger partial charge in [-0.05, 0) is 30.7 Å². The normalized spacial score (nSPS) is 12.5. The first-order valence-corrected chi connectivity index (χ1v) is 9.11. The summed E-state index contributed by atoms with van der Waals surface area (Å²) in [5, 5.41) is 2.73. The summed E-state index contributed by atoms with van der Waals surface area (Å²) in [6.07, 6.45) is 1.05. The molecule has 0 unspecified atom stereocenters. The highest BCUT2D eigenvalue weighted by Crippen LogP contribution is 2.21. The van der Waals surface area contributed by atoms with Crippen molar-refractivity contribution in [3.8, 4) is 5.75 Å². The van der Waals surface area contributed by atoms with E-state index in [2.05, 4.69) is 5.32 Å². The van der Waals surface area contributed by atoms with Crippen molar-refractivity contribution in [3.63, 3.8) is 0 Å². The van der Waals surface area contributed by atoms with Crippen molar-refractivity contribution in [2.75, 3.05) is 37.9 Å². The van der Waals surface area contributed by atoms with E-state index < -0.39 is 16.1 Å². The summed E-state index contributed by atoms with van der Waals surface area (Å²) < 4.78 is 34.7. The van der Waals surface area contributed by atoms with Gasteiger partial charge in [0.1, 0.15) is 5.75 Å². The number of ether oxygens (including phenoxy) is 2. The van der Waals surface area contributed by atoms with Crippen molar-refractivity contribution in [3.05, 3.63) is 24.3 Å². The zero-order valence-electron chi connectivity index (χ0n) is 13.9. The lowest BCUT2D eigenvalue weighted by Gasteiger charge is -2.19. The predicted octanol–water partition coefficient (Wildman–Crippen LogP) is 1.00. The monoisotopic (exact) mass is 344 g/mol. The number of nitrogens with one attached hydrogen (secondary N) is 1. The fourth-order valence-corrected chi connectivity index (χ4v) is 2.31. The van der Waals surface area contributed by atoms with Crippen LogP contribution in [0.25, 0.3) is 0 Å². The lowest BCUT2D eigenvalue weighted by Crippen LogP contribution is -2.39. The summed E-state index contributed by atoms with van der Waals surface area (Å²) in [5.74, 6) is 0.297. The number of rotatable bonds is 9. The second-order valence-corrected chi connectivity index (χ2v) is 7.04. The summed E-state index contributed by atoms with van der Waals surface area (Å²) in [6.45, 7) is 2.72. The molecule has 0 aliphatic heterocycles. The van der Waals surface area contributed by atoms with Gasteiger partial charge in [-0.1, -0.05) is 6.92 Å². The molecule has 0 spiro atoms. The Morgan fingerprint density at radius 2 is 1.91 bits per heavy atom. The van der Waals surface area contributed by atoms with Crippen molar-refractivity contribution < 1.29 is 22.7 Å². The minimum absolute atomic E-state index is 0.207. The fourth-order valence-electron chi connectivity index (χ4n) is 1.80. The zero-order valence-corrected chi connectivity index (χ0v) is 14.7. The second kappa shape index (κ2) is 8.73. The van der Waals surface area contributed by atoms with Gasteiger partial charge in [-0.3, -0.25) is 9.10 Å².